The Kier molecular flexibility index (Phi) is 7.77. The highest BCUT2D eigenvalue weighted by Gasteiger charge is 2.36. The van der Waals surface area contributed by atoms with Gasteiger partial charge in [-0.05, 0) is 32.8 Å². The summed E-state index contributed by atoms with van der Waals surface area (Å²) in [6, 6.07) is 0. The number of hydrogen-bond donors (Lipinski definition) is 2. The van der Waals surface area contributed by atoms with Crippen LogP contribution in [0.1, 0.15) is 44.4 Å². The van der Waals surface area contributed by atoms with Gasteiger partial charge < -0.3 is 19.6 Å². The van der Waals surface area contributed by atoms with Crippen LogP contribution >= 0.6 is 0 Å². The van der Waals surface area contributed by atoms with Gasteiger partial charge in [0.05, 0.1) is 18.8 Å². The molecule has 0 unspecified atom stereocenters. The average Bonchev–Trinajstić information content (AvgIpc) is 2.77. The molecule has 3 rings (SSSR count). The van der Waals surface area contributed by atoms with Crippen LogP contribution in [0.2, 0.25) is 0 Å². The van der Waals surface area contributed by atoms with Gasteiger partial charge in [-0.25, -0.2) is 14.8 Å². The average molecular weight is 459 g/mol. The van der Waals surface area contributed by atoms with Crippen LogP contribution in [-0.4, -0.2) is 64.5 Å². The second-order valence-electron chi connectivity index (χ2n) is 7.96. The van der Waals surface area contributed by atoms with Crippen molar-refractivity contribution < 1.29 is 32.6 Å². The van der Waals surface area contributed by atoms with Gasteiger partial charge in [0.15, 0.2) is 5.69 Å². The molecule has 178 valence electrons. The van der Waals surface area contributed by atoms with Crippen LogP contribution < -0.4 is 10.4 Å². The number of rotatable bonds is 6. The van der Waals surface area contributed by atoms with Gasteiger partial charge in [-0.3, -0.25) is 10.3 Å². The lowest BCUT2D eigenvalue weighted by Gasteiger charge is -2.32. The Labute approximate surface area is 184 Å². The third kappa shape index (κ3) is 6.22. The first-order chi connectivity index (χ1) is 15.2. The number of hydroxylamine groups is 1. The first-order valence-corrected chi connectivity index (χ1v) is 10.5. The number of nitrogens with one attached hydrogen (secondary N) is 1. The van der Waals surface area contributed by atoms with Crippen LogP contribution in [-0.2, 0) is 22.4 Å². The van der Waals surface area contributed by atoms with Crippen LogP contribution in [0.4, 0.5) is 23.9 Å². The molecule has 12 heteroatoms. The van der Waals surface area contributed by atoms with Crippen molar-refractivity contribution >= 4 is 12.0 Å². The number of amides is 1. The van der Waals surface area contributed by atoms with E-state index in [0.717, 1.165) is 11.9 Å². The van der Waals surface area contributed by atoms with Crippen molar-refractivity contribution in [1.82, 2.24) is 20.3 Å². The number of aliphatic hydroxyl groups is 1. The molecule has 1 aromatic heterocycles. The van der Waals surface area contributed by atoms with Crippen LogP contribution in [0.3, 0.4) is 0 Å². The highest BCUT2D eigenvalue weighted by atomic mass is 19.4. The van der Waals surface area contributed by atoms with Gasteiger partial charge >= 0.3 is 12.3 Å². The van der Waals surface area contributed by atoms with Crippen molar-refractivity contribution in [2.24, 2.45) is 0 Å². The molecule has 0 aliphatic carbocycles. The molecule has 0 atom stereocenters. The zero-order chi connectivity index (χ0) is 23.3. The number of nitrogens with zero attached hydrogens (tertiary/aromatic N) is 4. The zero-order valence-corrected chi connectivity index (χ0v) is 18.1. The van der Waals surface area contributed by atoms with Gasteiger partial charge in [0.2, 0.25) is 5.95 Å². The minimum Gasteiger partial charge on any atom is -0.447 e. The van der Waals surface area contributed by atoms with Crippen molar-refractivity contribution in [2.75, 3.05) is 31.1 Å². The summed E-state index contributed by atoms with van der Waals surface area (Å²) in [5.74, 6) is -0.0357. The van der Waals surface area contributed by atoms with Crippen molar-refractivity contribution in [2.45, 2.75) is 58.1 Å². The van der Waals surface area contributed by atoms with E-state index in [4.69, 9.17) is 14.7 Å². The number of ether oxygens (including phenoxy) is 1. The molecule has 2 N–H and O–H groups in total. The Morgan fingerprint density at radius 1 is 1.31 bits per heavy atom. The molecular weight excluding hydrogens is 431 g/mol. The largest absolute Gasteiger partial charge is 0.447 e. The number of alkyl halides is 3. The topological polar surface area (TPSA) is 100 Å². The molecule has 1 fully saturated rings. The Balaban J connectivity index is 1.48. The zero-order valence-electron chi connectivity index (χ0n) is 18.1. The molecule has 2 aliphatic rings. The van der Waals surface area contributed by atoms with Crippen LogP contribution in [0.25, 0.3) is 0 Å². The monoisotopic (exact) mass is 459 g/mol. The number of carbonyl (C=O) groups excluding carboxylic acids is 1. The summed E-state index contributed by atoms with van der Waals surface area (Å²) in [6.45, 7) is 4.67. The summed E-state index contributed by atoms with van der Waals surface area (Å²) < 4.78 is 44.7. The number of anilines is 1. The second-order valence-corrected chi connectivity index (χ2v) is 7.96. The smallest absolute Gasteiger partial charge is 0.433 e. The standard InChI is InChI=1S/C20H28F3N5O4/c1-13(2)31-19(30)28-9-5-16(6-10-28)32-26-15-3-7-27(8-4-15)18-24-11-14(12-29)17(25-18)20(21,22)23/h3,11,13,16,26,29H,4-10,12H2,1-2H3. The van der Waals surface area contributed by atoms with Gasteiger partial charge in [0.25, 0.3) is 0 Å². The molecule has 2 aliphatic heterocycles. The van der Waals surface area contributed by atoms with E-state index < -0.39 is 18.5 Å². The van der Waals surface area contributed by atoms with Crippen molar-refractivity contribution in [3.63, 3.8) is 0 Å². The number of hydrogen-bond acceptors (Lipinski definition) is 8. The van der Waals surface area contributed by atoms with Gasteiger partial charge in [0, 0.05) is 50.1 Å². The Morgan fingerprint density at radius 2 is 2.03 bits per heavy atom. The number of aromatic nitrogens is 2. The highest BCUT2D eigenvalue weighted by molar-refractivity contribution is 5.67. The lowest BCUT2D eigenvalue weighted by atomic mass is 10.1. The van der Waals surface area contributed by atoms with E-state index in [0.29, 0.717) is 45.4 Å². The molecule has 32 heavy (non-hydrogen) atoms. The fraction of sp³-hybridized carbons (Fsp3) is 0.650. The minimum atomic E-state index is -4.66. The Morgan fingerprint density at radius 3 is 2.59 bits per heavy atom. The van der Waals surface area contributed by atoms with Gasteiger partial charge in [-0.1, -0.05) is 0 Å². The number of halogens is 3. The molecule has 9 nitrogen and oxygen atoms in total. The fourth-order valence-electron chi connectivity index (χ4n) is 3.45. The molecule has 3 heterocycles. The van der Waals surface area contributed by atoms with E-state index in [1.807, 2.05) is 19.9 Å². The number of likely N-dealkylation sites (tertiary alicyclic amines) is 1. The summed E-state index contributed by atoms with van der Waals surface area (Å²) in [4.78, 5) is 28.5. The maximum absolute atomic E-state index is 13.2. The normalized spacial score (nSPS) is 18.0. The number of carbonyl (C=O) groups is 1. The van der Waals surface area contributed by atoms with Crippen LogP contribution in [0.5, 0.6) is 0 Å². The summed E-state index contributed by atoms with van der Waals surface area (Å²) in [5.41, 5.74) is 2.29. The van der Waals surface area contributed by atoms with Crippen molar-refractivity contribution in [3.05, 3.63) is 29.2 Å². The molecule has 0 radical (unpaired) electrons. The van der Waals surface area contributed by atoms with Crippen molar-refractivity contribution in [1.29, 1.82) is 0 Å². The van der Waals surface area contributed by atoms with Crippen molar-refractivity contribution in [3.8, 4) is 0 Å². The maximum Gasteiger partial charge on any atom is 0.433 e. The molecule has 0 saturated carbocycles. The van der Waals surface area contributed by atoms with Gasteiger partial charge in [-0.15, -0.1) is 0 Å². The molecular formula is C20H28F3N5O4. The predicted octanol–water partition coefficient (Wildman–Crippen LogP) is 2.61. The lowest BCUT2D eigenvalue weighted by Crippen LogP contribution is -2.43. The maximum atomic E-state index is 13.2. The molecule has 1 aromatic rings. The summed E-state index contributed by atoms with van der Waals surface area (Å²) in [6.07, 6.45) is -0.506. The first kappa shape index (κ1) is 24.1. The number of aliphatic hydroxyl groups excluding tert-OH is 1. The minimum absolute atomic E-state index is 0.0357. The van der Waals surface area contributed by atoms with Gasteiger partial charge in [0.1, 0.15) is 0 Å². The predicted molar refractivity (Wildman–Crippen MR) is 108 cm³/mol. The molecule has 0 aromatic carbocycles. The van der Waals surface area contributed by atoms with Gasteiger partial charge in [-0.2, -0.15) is 13.2 Å². The second kappa shape index (κ2) is 10.3. The first-order valence-electron chi connectivity index (χ1n) is 10.5. The summed E-state index contributed by atoms with van der Waals surface area (Å²) >= 11 is 0. The quantitative estimate of drug-likeness (QED) is 0.627. The molecule has 0 spiro atoms. The molecule has 0 bridgehead atoms. The van der Waals surface area contributed by atoms with E-state index in [9.17, 15) is 18.0 Å². The van der Waals surface area contributed by atoms with Crippen LogP contribution in [0, 0.1) is 0 Å². The van der Waals surface area contributed by atoms with E-state index in [2.05, 4.69) is 15.4 Å². The van der Waals surface area contributed by atoms with E-state index in [1.54, 1.807) is 9.80 Å². The highest BCUT2D eigenvalue weighted by Crippen LogP contribution is 2.31. The number of piperidine rings is 1. The molecule has 1 saturated heterocycles. The summed E-state index contributed by atoms with van der Waals surface area (Å²) in [5, 5.41) is 9.11. The Hall–Kier alpha value is -2.60. The lowest BCUT2D eigenvalue weighted by molar-refractivity contribution is -0.142. The summed E-state index contributed by atoms with van der Waals surface area (Å²) in [7, 11) is 0. The third-order valence-corrected chi connectivity index (χ3v) is 5.18. The van der Waals surface area contributed by atoms with Crippen LogP contribution in [0.15, 0.2) is 18.0 Å². The SMILES string of the molecule is CC(C)OC(=O)N1CCC(ONC2=CCN(c3ncc(CO)c(C(F)(F)F)n3)CC2)CC1. The Bertz CT molecular complexity index is 826. The fourth-order valence-corrected chi connectivity index (χ4v) is 3.45. The molecule has 1 amide bonds. The third-order valence-electron chi connectivity index (χ3n) is 5.18. The van der Waals surface area contributed by atoms with E-state index in [-0.39, 0.29) is 29.8 Å². The van der Waals surface area contributed by atoms with E-state index >= 15 is 0 Å². The van der Waals surface area contributed by atoms with E-state index in [1.165, 1.54) is 0 Å².